The van der Waals surface area contributed by atoms with E-state index in [1.165, 1.54) is 0 Å². The van der Waals surface area contributed by atoms with E-state index in [2.05, 4.69) is 34.3 Å². The van der Waals surface area contributed by atoms with Crippen molar-refractivity contribution in [2.75, 3.05) is 49.7 Å². The van der Waals surface area contributed by atoms with Gasteiger partial charge in [-0.25, -0.2) is 4.98 Å². The summed E-state index contributed by atoms with van der Waals surface area (Å²) in [7, 11) is 0. The summed E-state index contributed by atoms with van der Waals surface area (Å²) >= 11 is 0. The topological polar surface area (TPSA) is 46.6 Å². The molecule has 1 atom stereocenters. The van der Waals surface area contributed by atoms with Crippen LogP contribution in [0, 0.1) is 0 Å². The highest BCUT2D eigenvalue weighted by Gasteiger charge is 2.12. The van der Waals surface area contributed by atoms with Crippen LogP contribution >= 0.6 is 0 Å². The molecule has 1 aliphatic heterocycles. The van der Waals surface area contributed by atoms with Crippen LogP contribution in [0.25, 0.3) is 0 Å². The summed E-state index contributed by atoms with van der Waals surface area (Å²) in [6.07, 6.45) is 1.88. The van der Waals surface area contributed by atoms with E-state index in [4.69, 9.17) is 9.47 Å². The second-order valence-corrected chi connectivity index (χ2v) is 4.71. The normalized spacial score (nSPS) is 17.3. The molecular formula is C14H23N3O2. The number of nitrogens with one attached hydrogen (secondary N) is 1. The van der Waals surface area contributed by atoms with Gasteiger partial charge in [-0.15, -0.1) is 0 Å². The maximum Gasteiger partial charge on any atom is 0.128 e. The predicted molar refractivity (Wildman–Crippen MR) is 76.8 cm³/mol. The van der Waals surface area contributed by atoms with Crippen molar-refractivity contribution in [2.45, 2.75) is 19.9 Å². The molecule has 1 aliphatic rings. The smallest absolute Gasteiger partial charge is 0.128 e. The van der Waals surface area contributed by atoms with Gasteiger partial charge in [0.15, 0.2) is 0 Å². The summed E-state index contributed by atoms with van der Waals surface area (Å²) in [5, 5.41) is 3.38. The quantitative estimate of drug-likeness (QED) is 0.849. The van der Waals surface area contributed by atoms with Gasteiger partial charge in [-0.1, -0.05) is 0 Å². The van der Waals surface area contributed by atoms with Crippen LogP contribution in [-0.2, 0) is 9.47 Å². The SMILES string of the molecule is CCOCC(C)Nc1ccc(N2CCOCC2)nc1. The van der Waals surface area contributed by atoms with Gasteiger partial charge in [0.05, 0.1) is 31.7 Å². The summed E-state index contributed by atoms with van der Waals surface area (Å²) < 4.78 is 10.7. The molecule has 106 valence electrons. The Morgan fingerprint density at radius 3 is 2.84 bits per heavy atom. The van der Waals surface area contributed by atoms with E-state index in [0.29, 0.717) is 6.61 Å². The lowest BCUT2D eigenvalue weighted by Crippen LogP contribution is -2.36. The third kappa shape index (κ3) is 4.36. The fourth-order valence-corrected chi connectivity index (χ4v) is 2.07. The first-order valence-electron chi connectivity index (χ1n) is 6.92. The number of morpholine rings is 1. The van der Waals surface area contributed by atoms with Gasteiger partial charge in [-0.05, 0) is 26.0 Å². The summed E-state index contributed by atoms with van der Waals surface area (Å²) in [5.74, 6) is 1.02. The summed E-state index contributed by atoms with van der Waals surface area (Å²) in [6, 6.07) is 4.41. The molecule has 0 bridgehead atoms. The largest absolute Gasteiger partial charge is 0.380 e. The number of anilines is 2. The first kappa shape index (κ1) is 14.1. The molecule has 0 aliphatic carbocycles. The second-order valence-electron chi connectivity index (χ2n) is 4.71. The molecule has 0 amide bonds. The highest BCUT2D eigenvalue weighted by molar-refractivity contribution is 5.49. The first-order chi connectivity index (χ1) is 9.29. The molecule has 1 aromatic rings. The van der Waals surface area contributed by atoms with Crippen LogP contribution in [0.15, 0.2) is 18.3 Å². The number of hydrogen-bond donors (Lipinski definition) is 1. The van der Waals surface area contributed by atoms with E-state index in [9.17, 15) is 0 Å². The second kappa shape index (κ2) is 7.31. The van der Waals surface area contributed by atoms with Gasteiger partial charge in [0.1, 0.15) is 5.82 Å². The Labute approximate surface area is 114 Å². The average Bonchev–Trinajstić information content (AvgIpc) is 2.47. The molecule has 1 saturated heterocycles. The minimum absolute atomic E-state index is 0.288. The summed E-state index contributed by atoms with van der Waals surface area (Å²) in [6.45, 7) is 8.97. The zero-order chi connectivity index (χ0) is 13.5. The van der Waals surface area contributed by atoms with E-state index in [1.54, 1.807) is 0 Å². The van der Waals surface area contributed by atoms with Crippen molar-refractivity contribution in [1.82, 2.24) is 4.98 Å². The van der Waals surface area contributed by atoms with Crippen molar-refractivity contribution >= 4 is 11.5 Å². The van der Waals surface area contributed by atoms with Crippen molar-refractivity contribution in [3.8, 4) is 0 Å². The van der Waals surface area contributed by atoms with Gasteiger partial charge in [0, 0.05) is 25.7 Å². The zero-order valence-electron chi connectivity index (χ0n) is 11.8. The summed E-state index contributed by atoms with van der Waals surface area (Å²) in [4.78, 5) is 6.75. The molecular weight excluding hydrogens is 242 g/mol. The van der Waals surface area contributed by atoms with Gasteiger partial charge in [-0.3, -0.25) is 0 Å². The maximum atomic E-state index is 5.38. The third-order valence-corrected chi connectivity index (χ3v) is 3.07. The number of ether oxygens (including phenoxy) is 2. The molecule has 2 rings (SSSR count). The van der Waals surface area contributed by atoms with Crippen LogP contribution in [-0.4, -0.2) is 50.5 Å². The van der Waals surface area contributed by atoms with Gasteiger partial charge in [-0.2, -0.15) is 0 Å². The van der Waals surface area contributed by atoms with Gasteiger partial charge >= 0.3 is 0 Å². The number of hydrogen-bond acceptors (Lipinski definition) is 5. The first-order valence-corrected chi connectivity index (χ1v) is 6.92. The minimum atomic E-state index is 0.288. The van der Waals surface area contributed by atoms with Crippen LogP contribution in [0.1, 0.15) is 13.8 Å². The van der Waals surface area contributed by atoms with Crippen molar-refractivity contribution in [3.63, 3.8) is 0 Å². The molecule has 19 heavy (non-hydrogen) atoms. The van der Waals surface area contributed by atoms with Gasteiger partial charge in [0.2, 0.25) is 0 Å². The molecule has 0 aromatic carbocycles. The van der Waals surface area contributed by atoms with E-state index < -0.39 is 0 Å². The highest BCUT2D eigenvalue weighted by Crippen LogP contribution is 2.16. The highest BCUT2D eigenvalue weighted by atomic mass is 16.5. The van der Waals surface area contributed by atoms with Crippen molar-refractivity contribution in [1.29, 1.82) is 0 Å². The molecule has 1 aromatic heterocycles. The standard InChI is InChI=1S/C14H23N3O2/c1-3-18-11-12(2)16-13-4-5-14(15-10-13)17-6-8-19-9-7-17/h4-5,10,12,16H,3,6-9,11H2,1-2H3. The molecule has 5 heteroatoms. The third-order valence-electron chi connectivity index (χ3n) is 3.07. The van der Waals surface area contributed by atoms with Crippen LogP contribution in [0.2, 0.25) is 0 Å². The Bertz CT molecular complexity index is 363. The number of nitrogens with zero attached hydrogens (tertiary/aromatic N) is 2. The monoisotopic (exact) mass is 265 g/mol. The molecule has 1 N–H and O–H groups in total. The number of aromatic nitrogens is 1. The van der Waals surface area contributed by atoms with Crippen molar-refractivity contribution in [2.24, 2.45) is 0 Å². The number of rotatable bonds is 6. The van der Waals surface area contributed by atoms with Crippen LogP contribution < -0.4 is 10.2 Å². The van der Waals surface area contributed by atoms with E-state index >= 15 is 0 Å². The fourth-order valence-electron chi connectivity index (χ4n) is 2.07. The Hall–Kier alpha value is -1.33. The Balaban J connectivity index is 1.86. The lowest BCUT2D eigenvalue weighted by atomic mass is 10.3. The lowest BCUT2D eigenvalue weighted by molar-refractivity contribution is 0.122. The molecule has 2 heterocycles. The lowest BCUT2D eigenvalue weighted by Gasteiger charge is -2.27. The van der Waals surface area contributed by atoms with Gasteiger partial charge in [0.25, 0.3) is 0 Å². The molecule has 1 unspecified atom stereocenters. The zero-order valence-corrected chi connectivity index (χ0v) is 11.8. The van der Waals surface area contributed by atoms with Crippen molar-refractivity contribution < 1.29 is 9.47 Å². The van der Waals surface area contributed by atoms with Crippen molar-refractivity contribution in [3.05, 3.63) is 18.3 Å². The molecule has 0 saturated carbocycles. The predicted octanol–water partition coefficient (Wildman–Crippen LogP) is 1.76. The minimum Gasteiger partial charge on any atom is -0.380 e. The van der Waals surface area contributed by atoms with E-state index in [1.807, 2.05) is 13.1 Å². The molecule has 0 spiro atoms. The van der Waals surface area contributed by atoms with Gasteiger partial charge < -0.3 is 19.7 Å². The average molecular weight is 265 g/mol. The maximum absolute atomic E-state index is 5.38. The number of pyridine rings is 1. The van der Waals surface area contributed by atoms with E-state index in [0.717, 1.165) is 44.4 Å². The van der Waals surface area contributed by atoms with Crippen LogP contribution in [0.5, 0.6) is 0 Å². The van der Waals surface area contributed by atoms with Crippen LogP contribution in [0.4, 0.5) is 11.5 Å². The fraction of sp³-hybridized carbons (Fsp3) is 0.643. The Morgan fingerprint density at radius 2 is 2.21 bits per heavy atom. The Kier molecular flexibility index (Phi) is 5.42. The van der Waals surface area contributed by atoms with Crippen LogP contribution in [0.3, 0.4) is 0 Å². The molecule has 1 fully saturated rings. The molecule has 5 nitrogen and oxygen atoms in total. The van der Waals surface area contributed by atoms with E-state index in [-0.39, 0.29) is 6.04 Å². The Morgan fingerprint density at radius 1 is 1.42 bits per heavy atom. The summed E-state index contributed by atoms with van der Waals surface area (Å²) in [5.41, 5.74) is 1.03. The molecule has 0 radical (unpaired) electrons.